The van der Waals surface area contributed by atoms with Crippen molar-refractivity contribution >= 4 is 17.8 Å². The summed E-state index contributed by atoms with van der Waals surface area (Å²) in [6, 6.07) is 7.39. The molecule has 4 heteroatoms. The van der Waals surface area contributed by atoms with E-state index < -0.39 is 0 Å². The fraction of sp³-hybridized carbons (Fsp3) is 0. The van der Waals surface area contributed by atoms with Gasteiger partial charge in [0.15, 0.2) is 6.29 Å². The highest BCUT2D eigenvalue weighted by Crippen LogP contribution is 2.24. The second-order valence-corrected chi connectivity index (χ2v) is 3.27. The number of benzene rings is 1. The molecule has 13 heavy (non-hydrogen) atoms. The molecular weight excluding hydrogens is 184 g/mol. The molecule has 1 aromatic heterocycles. The lowest BCUT2D eigenvalue weighted by molar-refractivity contribution is 0.112. The summed E-state index contributed by atoms with van der Waals surface area (Å²) < 4.78 is 3.75. The molecule has 0 unspecified atom stereocenters. The monoisotopic (exact) mass is 190 g/mol. The summed E-state index contributed by atoms with van der Waals surface area (Å²) in [6.45, 7) is 0. The Balaban J connectivity index is 2.57. The van der Waals surface area contributed by atoms with Crippen molar-refractivity contribution in [2.45, 2.75) is 0 Å². The molecule has 0 radical (unpaired) electrons. The number of hydrogen-bond donors (Lipinski definition) is 0. The van der Waals surface area contributed by atoms with Gasteiger partial charge in [0.25, 0.3) is 0 Å². The van der Waals surface area contributed by atoms with Crippen LogP contribution in [0.1, 0.15) is 10.4 Å². The number of carbonyl (C=O) groups is 1. The van der Waals surface area contributed by atoms with Crippen LogP contribution in [0.5, 0.6) is 0 Å². The second-order valence-electron chi connectivity index (χ2n) is 2.49. The molecule has 2 aromatic rings. The van der Waals surface area contributed by atoms with Gasteiger partial charge in [-0.3, -0.25) is 4.79 Å². The van der Waals surface area contributed by atoms with Gasteiger partial charge in [-0.15, -0.1) is 5.10 Å². The van der Waals surface area contributed by atoms with Crippen LogP contribution >= 0.6 is 11.5 Å². The molecule has 0 amide bonds. The van der Waals surface area contributed by atoms with Crippen LogP contribution in [0.15, 0.2) is 30.5 Å². The largest absolute Gasteiger partial charge is 0.298 e. The zero-order chi connectivity index (χ0) is 9.10. The predicted molar refractivity (Wildman–Crippen MR) is 50.7 cm³/mol. The number of nitrogens with zero attached hydrogens (tertiary/aromatic N) is 2. The summed E-state index contributed by atoms with van der Waals surface area (Å²) in [5.74, 6) is 0. The smallest absolute Gasteiger partial charge is 0.150 e. The molecule has 3 nitrogen and oxygen atoms in total. The molecular formula is C9H6N2OS. The summed E-state index contributed by atoms with van der Waals surface area (Å²) in [6.07, 6.45) is 2.50. The van der Waals surface area contributed by atoms with E-state index in [2.05, 4.69) is 9.59 Å². The fourth-order valence-electron chi connectivity index (χ4n) is 1.11. The van der Waals surface area contributed by atoms with Gasteiger partial charge in [-0.2, -0.15) is 0 Å². The van der Waals surface area contributed by atoms with E-state index >= 15 is 0 Å². The summed E-state index contributed by atoms with van der Waals surface area (Å²) >= 11 is 1.29. The third kappa shape index (κ3) is 1.48. The normalized spacial score (nSPS) is 9.85. The van der Waals surface area contributed by atoms with Gasteiger partial charge in [-0.1, -0.05) is 28.8 Å². The van der Waals surface area contributed by atoms with Crippen LogP contribution in [0.2, 0.25) is 0 Å². The minimum absolute atomic E-state index is 0.675. The van der Waals surface area contributed by atoms with Crippen LogP contribution < -0.4 is 0 Å². The minimum Gasteiger partial charge on any atom is -0.298 e. The molecule has 64 valence electrons. The lowest BCUT2D eigenvalue weighted by atomic mass is 10.1. The highest BCUT2D eigenvalue weighted by atomic mass is 32.1. The van der Waals surface area contributed by atoms with Gasteiger partial charge in [0.05, 0.1) is 11.1 Å². The van der Waals surface area contributed by atoms with Crippen molar-refractivity contribution in [1.82, 2.24) is 9.59 Å². The van der Waals surface area contributed by atoms with E-state index in [0.717, 1.165) is 16.7 Å². The maximum absolute atomic E-state index is 10.7. The van der Waals surface area contributed by atoms with Gasteiger partial charge in [0, 0.05) is 11.1 Å². The second kappa shape index (κ2) is 3.45. The van der Waals surface area contributed by atoms with E-state index in [-0.39, 0.29) is 0 Å². The molecule has 0 bridgehead atoms. The molecule has 0 aliphatic carbocycles. The number of carbonyl (C=O) groups excluding carboxylic acids is 1. The fourth-order valence-corrected chi connectivity index (χ4v) is 1.67. The Hall–Kier alpha value is -1.55. The van der Waals surface area contributed by atoms with Crippen molar-refractivity contribution in [2.24, 2.45) is 0 Å². The van der Waals surface area contributed by atoms with Crippen molar-refractivity contribution in [3.63, 3.8) is 0 Å². The number of rotatable bonds is 2. The number of aromatic nitrogens is 2. The van der Waals surface area contributed by atoms with Crippen LogP contribution in [-0.4, -0.2) is 15.9 Å². The van der Waals surface area contributed by atoms with Crippen LogP contribution in [0.25, 0.3) is 10.4 Å². The van der Waals surface area contributed by atoms with Gasteiger partial charge in [0.2, 0.25) is 0 Å². The summed E-state index contributed by atoms with van der Waals surface area (Å²) in [5, 5.41) is 3.73. The lowest BCUT2D eigenvalue weighted by Gasteiger charge is -1.98. The first-order valence-corrected chi connectivity index (χ1v) is 4.51. The summed E-state index contributed by atoms with van der Waals surface area (Å²) in [4.78, 5) is 11.6. The van der Waals surface area contributed by atoms with Gasteiger partial charge >= 0.3 is 0 Å². The molecule has 0 saturated heterocycles. The van der Waals surface area contributed by atoms with E-state index in [1.165, 1.54) is 11.5 Å². The molecule has 1 aromatic carbocycles. The summed E-state index contributed by atoms with van der Waals surface area (Å²) in [5.41, 5.74) is 1.57. The number of aldehydes is 1. The molecule has 0 fully saturated rings. The minimum atomic E-state index is 0.675. The third-order valence-corrected chi connectivity index (χ3v) is 2.41. The van der Waals surface area contributed by atoms with Crippen LogP contribution in [0, 0.1) is 0 Å². The molecule has 0 spiro atoms. The van der Waals surface area contributed by atoms with Crippen LogP contribution in [0.3, 0.4) is 0 Å². The highest BCUT2D eigenvalue weighted by molar-refractivity contribution is 7.09. The maximum atomic E-state index is 10.7. The van der Waals surface area contributed by atoms with Crippen molar-refractivity contribution in [3.05, 3.63) is 36.0 Å². The molecule has 2 rings (SSSR count). The number of hydrogen-bond acceptors (Lipinski definition) is 4. The van der Waals surface area contributed by atoms with Crippen molar-refractivity contribution in [1.29, 1.82) is 0 Å². The average Bonchev–Trinajstić information content (AvgIpc) is 2.70. The van der Waals surface area contributed by atoms with Gasteiger partial charge < -0.3 is 0 Å². The van der Waals surface area contributed by atoms with Crippen LogP contribution in [-0.2, 0) is 0 Å². The molecule has 0 aliphatic rings. The first-order valence-electron chi connectivity index (χ1n) is 3.74. The Morgan fingerprint density at radius 2 is 2.15 bits per heavy atom. The lowest BCUT2D eigenvalue weighted by Crippen LogP contribution is -1.83. The first-order chi connectivity index (χ1) is 6.42. The molecule has 1 heterocycles. The van der Waals surface area contributed by atoms with E-state index in [0.29, 0.717) is 5.56 Å². The van der Waals surface area contributed by atoms with Crippen molar-refractivity contribution in [2.75, 3.05) is 0 Å². The van der Waals surface area contributed by atoms with E-state index in [4.69, 9.17) is 0 Å². The Kier molecular flexibility index (Phi) is 2.14. The Bertz CT molecular complexity index is 411. The first kappa shape index (κ1) is 8.07. The quantitative estimate of drug-likeness (QED) is 0.680. The highest BCUT2D eigenvalue weighted by Gasteiger charge is 2.04. The molecule has 0 N–H and O–H groups in total. The standard InChI is InChI=1S/C9H6N2OS/c12-6-7-3-1-2-4-8(7)9-5-10-11-13-9/h1-6H. The average molecular weight is 190 g/mol. The third-order valence-electron chi connectivity index (χ3n) is 1.71. The van der Waals surface area contributed by atoms with Crippen molar-refractivity contribution in [3.8, 4) is 10.4 Å². The van der Waals surface area contributed by atoms with Gasteiger partial charge in [-0.05, 0) is 11.5 Å². The Morgan fingerprint density at radius 1 is 1.31 bits per heavy atom. The van der Waals surface area contributed by atoms with E-state index in [1.807, 2.05) is 18.2 Å². The molecule has 0 saturated carbocycles. The zero-order valence-corrected chi connectivity index (χ0v) is 7.49. The SMILES string of the molecule is O=Cc1ccccc1-c1cnns1. The van der Waals surface area contributed by atoms with E-state index in [9.17, 15) is 4.79 Å². The maximum Gasteiger partial charge on any atom is 0.150 e. The Labute approximate surface area is 79.2 Å². The van der Waals surface area contributed by atoms with Crippen molar-refractivity contribution < 1.29 is 4.79 Å². The topological polar surface area (TPSA) is 42.9 Å². The molecule has 0 aliphatic heterocycles. The molecule has 0 atom stereocenters. The van der Waals surface area contributed by atoms with Gasteiger partial charge in [-0.25, -0.2) is 0 Å². The van der Waals surface area contributed by atoms with Crippen LogP contribution in [0.4, 0.5) is 0 Å². The zero-order valence-electron chi connectivity index (χ0n) is 6.68. The Morgan fingerprint density at radius 3 is 2.85 bits per heavy atom. The predicted octanol–water partition coefficient (Wildman–Crippen LogP) is 2.02. The van der Waals surface area contributed by atoms with E-state index in [1.54, 1.807) is 12.3 Å². The summed E-state index contributed by atoms with van der Waals surface area (Å²) in [7, 11) is 0. The van der Waals surface area contributed by atoms with Gasteiger partial charge in [0.1, 0.15) is 0 Å².